The van der Waals surface area contributed by atoms with Gasteiger partial charge >= 0.3 is 0 Å². The average molecular weight is 320 g/mol. The Morgan fingerprint density at radius 1 is 1.53 bits per heavy atom. The van der Waals surface area contributed by atoms with Gasteiger partial charge in [0.2, 0.25) is 0 Å². The first-order valence-corrected chi connectivity index (χ1v) is 6.75. The maximum absolute atomic E-state index is 9.18. The fourth-order valence-electron chi connectivity index (χ4n) is 1.71. The highest BCUT2D eigenvalue weighted by molar-refractivity contribution is 9.10. The molecule has 2 rings (SSSR count). The Hall–Kier alpha value is -2.00. The largest absolute Gasteiger partial charge is 0.382 e. The van der Waals surface area contributed by atoms with E-state index in [-0.39, 0.29) is 0 Å². The third-order valence-electron chi connectivity index (χ3n) is 2.63. The van der Waals surface area contributed by atoms with Gasteiger partial charge in [0.1, 0.15) is 17.5 Å². The van der Waals surface area contributed by atoms with Crippen molar-refractivity contribution in [2.24, 2.45) is 0 Å². The van der Waals surface area contributed by atoms with Crippen LogP contribution in [0.25, 0.3) is 5.69 Å². The molecule has 3 N–H and O–H groups in total. The van der Waals surface area contributed by atoms with Crippen molar-refractivity contribution in [3.63, 3.8) is 0 Å². The minimum absolute atomic E-state index is 0.346. The highest BCUT2D eigenvalue weighted by Crippen LogP contribution is 2.25. The van der Waals surface area contributed by atoms with E-state index in [1.807, 2.05) is 31.2 Å². The zero-order chi connectivity index (χ0) is 13.8. The topological polar surface area (TPSA) is 79.7 Å². The van der Waals surface area contributed by atoms with Gasteiger partial charge in [-0.25, -0.2) is 4.68 Å². The SMILES string of the molecule is CCCNc1nn(-c2cccc(Br)c2)c(N)c1C#N. The van der Waals surface area contributed by atoms with E-state index in [4.69, 9.17) is 5.73 Å². The summed E-state index contributed by atoms with van der Waals surface area (Å²) in [4.78, 5) is 0. The summed E-state index contributed by atoms with van der Waals surface area (Å²) in [5.41, 5.74) is 7.19. The molecule has 1 aromatic carbocycles. The summed E-state index contributed by atoms with van der Waals surface area (Å²) in [7, 11) is 0. The standard InChI is InChI=1S/C13H14BrN5/c1-2-6-17-13-11(8-15)12(16)19(18-13)10-5-3-4-9(14)7-10/h3-5,7H,2,6,16H2,1H3,(H,17,18). The van der Waals surface area contributed by atoms with Crippen molar-refractivity contribution in [2.75, 3.05) is 17.6 Å². The normalized spacial score (nSPS) is 10.2. The van der Waals surface area contributed by atoms with Gasteiger partial charge in [-0.1, -0.05) is 28.9 Å². The molecular formula is C13H14BrN5. The van der Waals surface area contributed by atoms with Crippen molar-refractivity contribution in [3.8, 4) is 11.8 Å². The molecule has 0 bridgehead atoms. The predicted molar refractivity (Wildman–Crippen MR) is 79.2 cm³/mol. The van der Waals surface area contributed by atoms with Crippen LogP contribution in [0.4, 0.5) is 11.6 Å². The average Bonchev–Trinajstić information content (AvgIpc) is 2.72. The predicted octanol–water partition coefficient (Wildman–Crippen LogP) is 2.91. The van der Waals surface area contributed by atoms with Gasteiger partial charge in [-0.15, -0.1) is 5.10 Å². The number of nitrogens with two attached hydrogens (primary N) is 1. The molecule has 5 nitrogen and oxygen atoms in total. The number of halogens is 1. The van der Waals surface area contributed by atoms with E-state index in [1.54, 1.807) is 4.68 Å². The van der Waals surface area contributed by atoms with Gasteiger partial charge in [0, 0.05) is 11.0 Å². The van der Waals surface area contributed by atoms with Crippen LogP contribution in [0.1, 0.15) is 18.9 Å². The van der Waals surface area contributed by atoms with Gasteiger partial charge in [-0.3, -0.25) is 0 Å². The summed E-state index contributed by atoms with van der Waals surface area (Å²) in [6.45, 7) is 2.80. The van der Waals surface area contributed by atoms with E-state index in [9.17, 15) is 5.26 Å². The molecule has 98 valence electrons. The monoisotopic (exact) mass is 319 g/mol. The number of nitrogens with one attached hydrogen (secondary N) is 1. The summed E-state index contributed by atoms with van der Waals surface area (Å²) in [6.07, 6.45) is 0.953. The molecule has 0 unspecified atom stereocenters. The Bertz CT molecular complexity index is 626. The number of aromatic nitrogens is 2. The molecule has 0 radical (unpaired) electrons. The smallest absolute Gasteiger partial charge is 0.168 e. The van der Waals surface area contributed by atoms with Gasteiger partial charge < -0.3 is 11.1 Å². The molecule has 0 spiro atoms. The lowest BCUT2D eigenvalue weighted by Crippen LogP contribution is -2.03. The van der Waals surface area contributed by atoms with Crippen LogP contribution in [-0.2, 0) is 0 Å². The molecule has 6 heteroatoms. The van der Waals surface area contributed by atoms with Gasteiger partial charge in [0.25, 0.3) is 0 Å². The lowest BCUT2D eigenvalue weighted by atomic mass is 10.3. The second kappa shape index (κ2) is 5.76. The first kappa shape index (κ1) is 13.4. The molecule has 0 saturated heterocycles. The lowest BCUT2D eigenvalue weighted by Gasteiger charge is -2.03. The van der Waals surface area contributed by atoms with Gasteiger partial charge in [0.15, 0.2) is 5.82 Å². The Morgan fingerprint density at radius 2 is 2.32 bits per heavy atom. The number of nitrogens with zero attached hydrogens (tertiary/aromatic N) is 3. The van der Waals surface area contributed by atoms with Crippen molar-refractivity contribution in [1.82, 2.24) is 9.78 Å². The molecule has 1 aromatic heterocycles. The van der Waals surface area contributed by atoms with E-state index >= 15 is 0 Å². The first-order chi connectivity index (χ1) is 9.17. The Kier molecular flexibility index (Phi) is 4.07. The van der Waals surface area contributed by atoms with Crippen LogP contribution < -0.4 is 11.1 Å². The summed E-state index contributed by atoms with van der Waals surface area (Å²) in [6, 6.07) is 9.70. The third kappa shape index (κ3) is 2.71. The quantitative estimate of drug-likeness (QED) is 0.908. The Labute approximate surface area is 120 Å². The van der Waals surface area contributed by atoms with Gasteiger partial charge in [-0.2, -0.15) is 5.26 Å². The highest BCUT2D eigenvalue weighted by atomic mass is 79.9. The molecule has 19 heavy (non-hydrogen) atoms. The van der Waals surface area contributed by atoms with Gasteiger partial charge in [-0.05, 0) is 24.6 Å². The van der Waals surface area contributed by atoms with Crippen LogP contribution in [0.2, 0.25) is 0 Å². The van der Waals surface area contributed by atoms with E-state index in [0.717, 1.165) is 23.1 Å². The van der Waals surface area contributed by atoms with Crippen molar-refractivity contribution in [3.05, 3.63) is 34.3 Å². The Morgan fingerprint density at radius 3 is 2.95 bits per heavy atom. The molecule has 1 heterocycles. The number of nitriles is 1. The molecule has 0 amide bonds. The van der Waals surface area contributed by atoms with Crippen LogP contribution in [0, 0.1) is 11.3 Å². The van der Waals surface area contributed by atoms with Crippen molar-refractivity contribution in [1.29, 1.82) is 5.26 Å². The van der Waals surface area contributed by atoms with Crippen LogP contribution in [-0.4, -0.2) is 16.3 Å². The summed E-state index contributed by atoms with van der Waals surface area (Å²) >= 11 is 3.41. The molecule has 0 atom stereocenters. The minimum atomic E-state index is 0.346. The molecule has 0 saturated carbocycles. The minimum Gasteiger partial charge on any atom is -0.382 e. The zero-order valence-corrected chi connectivity index (χ0v) is 12.1. The molecular weight excluding hydrogens is 306 g/mol. The summed E-state index contributed by atoms with van der Waals surface area (Å²) in [5, 5.41) is 16.7. The number of nitrogen functional groups attached to an aromatic ring is 1. The molecule has 0 aliphatic carbocycles. The number of hydrogen-bond acceptors (Lipinski definition) is 4. The number of benzene rings is 1. The highest BCUT2D eigenvalue weighted by Gasteiger charge is 2.16. The maximum Gasteiger partial charge on any atom is 0.168 e. The van der Waals surface area contributed by atoms with Crippen molar-refractivity contribution >= 4 is 27.6 Å². The fraction of sp³-hybridized carbons (Fsp3) is 0.231. The third-order valence-corrected chi connectivity index (χ3v) is 3.12. The van der Waals surface area contributed by atoms with Gasteiger partial charge in [0.05, 0.1) is 5.69 Å². The second-order valence-corrected chi connectivity index (χ2v) is 4.95. The Balaban J connectivity index is 2.47. The van der Waals surface area contributed by atoms with E-state index in [1.165, 1.54) is 0 Å². The molecule has 0 aliphatic heterocycles. The number of hydrogen-bond donors (Lipinski definition) is 2. The van der Waals surface area contributed by atoms with Crippen LogP contribution in [0.5, 0.6) is 0 Å². The van der Waals surface area contributed by atoms with E-state index < -0.39 is 0 Å². The van der Waals surface area contributed by atoms with Crippen molar-refractivity contribution < 1.29 is 0 Å². The van der Waals surface area contributed by atoms with Crippen molar-refractivity contribution in [2.45, 2.75) is 13.3 Å². The molecule has 0 fully saturated rings. The van der Waals surface area contributed by atoms with Crippen LogP contribution in [0.3, 0.4) is 0 Å². The maximum atomic E-state index is 9.18. The molecule has 2 aromatic rings. The van der Waals surface area contributed by atoms with E-state index in [0.29, 0.717) is 17.2 Å². The van der Waals surface area contributed by atoms with E-state index in [2.05, 4.69) is 32.4 Å². The summed E-state index contributed by atoms with van der Waals surface area (Å²) in [5.74, 6) is 0.876. The zero-order valence-electron chi connectivity index (χ0n) is 10.5. The number of rotatable bonds is 4. The van der Waals surface area contributed by atoms with Crippen LogP contribution >= 0.6 is 15.9 Å². The van der Waals surface area contributed by atoms with Crippen LogP contribution in [0.15, 0.2) is 28.7 Å². The number of anilines is 2. The second-order valence-electron chi connectivity index (χ2n) is 4.04. The molecule has 0 aliphatic rings. The fourth-order valence-corrected chi connectivity index (χ4v) is 2.10. The summed E-state index contributed by atoms with van der Waals surface area (Å²) < 4.78 is 2.50. The lowest BCUT2D eigenvalue weighted by molar-refractivity contribution is 0.880. The first-order valence-electron chi connectivity index (χ1n) is 5.95.